The summed E-state index contributed by atoms with van der Waals surface area (Å²) < 4.78 is 33.1. The minimum absolute atomic E-state index is 0. The van der Waals surface area contributed by atoms with Gasteiger partial charge in [0.1, 0.15) is 0 Å². The molecule has 2 atom stereocenters. The van der Waals surface area contributed by atoms with E-state index in [2.05, 4.69) is 10.5 Å². The number of halogens is 1. The summed E-state index contributed by atoms with van der Waals surface area (Å²) in [5.74, 6) is 0.471. The van der Waals surface area contributed by atoms with Crippen LogP contribution in [-0.2, 0) is 10.0 Å². The SMILES string of the molecule is Cl.O=S(=O)(c1ccccc1-c1ccno1)N1CCC2CCC(C1)N2. The van der Waals surface area contributed by atoms with Crippen LogP contribution in [0.2, 0.25) is 0 Å². The van der Waals surface area contributed by atoms with Crippen LogP contribution in [0.3, 0.4) is 0 Å². The molecule has 2 unspecified atom stereocenters. The van der Waals surface area contributed by atoms with Crippen LogP contribution in [0.15, 0.2) is 45.9 Å². The molecular formula is C16H20ClN3O3S. The predicted octanol–water partition coefficient (Wildman–Crippen LogP) is 2.28. The number of rotatable bonds is 3. The number of hydrogen-bond donors (Lipinski definition) is 1. The van der Waals surface area contributed by atoms with E-state index < -0.39 is 10.0 Å². The number of benzene rings is 1. The lowest BCUT2D eigenvalue weighted by Gasteiger charge is -2.24. The molecule has 0 saturated carbocycles. The molecule has 4 rings (SSSR count). The lowest BCUT2D eigenvalue weighted by molar-refractivity contribution is 0.383. The summed E-state index contributed by atoms with van der Waals surface area (Å²) in [6, 6.07) is 9.34. The van der Waals surface area contributed by atoms with Crippen LogP contribution >= 0.6 is 12.4 Å². The van der Waals surface area contributed by atoms with Crippen molar-refractivity contribution in [3.63, 3.8) is 0 Å². The topological polar surface area (TPSA) is 75.4 Å². The van der Waals surface area contributed by atoms with Crippen molar-refractivity contribution < 1.29 is 12.9 Å². The number of nitrogens with one attached hydrogen (secondary N) is 1. The number of nitrogens with zero attached hydrogens (tertiary/aromatic N) is 2. The van der Waals surface area contributed by atoms with Gasteiger partial charge in [-0.2, -0.15) is 4.31 Å². The van der Waals surface area contributed by atoms with Gasteiger partial charge in [-0.1, -0.05) is 17.3 Å². The normalized spacial score (nSPS) is 24.3. The summed E-state index contributed by atoms with van der Waals surface area (Å²) in [5.41, 5.74) is 0.562. The van der Waals surface area contributed by atoms with E-state index >= 15 is 0 Å². The molecule has 130 valence electrons. The summed E-state index contributed by atoms with van der Waals surface area (Å²) in [7, 11) is -3.56. The molecule has 24 heavy (non-hydrogen) atoms. The summed E-state index contributed by atoms with van der Waals surface area (Å²) in [4.78, 5) is 0.287. The van der Waals surface area contributed by atoms with Gasteiger partial charge < -0.3 is 9.84 Å². The molecule has 2 fully saturated rings. The minimum Gasteiger partial charge on any atom is -0.356 e. The van der Waals surface area contributed by atoms with Crippen LogP contribution in [-0.4, -0.2) is 43.1 Å². The van der Waals surface area contributed by atoms with Crippen molar-refractivity contribution in [2.75, 3.05) is 13.1 Å². The standard InChI is InChI=1S/C16H19N3O3S.ClH/c20-23(21,19-10-8-12-5-6-13(11-19)18-12)16-4-2-1-3-14(16)15-7-9-17-22-15;/h1-4,7,9,12-13,18H,5-6,8,10-11H2;1H. The second-order valence-electron chi connectivity index (χ2n) is 6.16. The number of aromatic nitrogens is 1. The highest BCUT2D eigenvalue weighted by Crippen LogP contribution is 2.31. The predicted molar refractivity (Wildman–Crippen MR) is 92.5 cm³/mol. The first-order valence-corrected chi connectivity index (χ1v) is 9.35. The largest absolute Gasteiger partial charge is 0.356 e. The van der Waals surface area contributed by atoms with Crippen LogP contribution < -0.4 is 5.32 Å². The zero-order valence-electron chi connectivity index (χ0n) is 13.1. The average molecular weight is 370 g/mol. The second-order valence-corrected chi connectivity index (χ2v) is 8.07. The monoisotopic (exact) mass is 369 g/mol. The Kier molecular flexibility index (Phi) is 4.96. The van der Waals surface area contributed by atoms with Crippen molar-refractivity contribution in [3.8, 4) is 11.3 Å². The summed E-state index contributed by atoms with van der Waals surface area (Å²) in [6.07, 6.45) is 4.57. The lowest BCUT2D eigenvalue weighted by Crippen LogP contribution is -2.39. The highest BCUT2D eigenvalue weighted by Gasteiger charge is 2.36. The Bertz CT molecular complexity index is 795. The van der Waals surface area contributed by atoms with E-state index in [0.29, 0.717) is 30.5 Å². The fourth-order valence-electron chi connectivity index (χ4n) is 3.52. The van der Waals surface area contributed by atoms with Crippen molar-refractivity contribution in [2.45, 2.75) is 36.2 Å². The van der Waals surface area contributed by atoms with E-state index in [-0.39, 0.29) is 23.3 Å². The summed E-state index contributed by atoms with van der Waals surface area (Å²) in [5, 5.41) is 7.20. The lowest BCUT2D eigenvalue weighted by atomic mass is 10.1. The first kappa shape index (κ1) is 17.4. The zero-order valence-corrected chi connectivity index (χ0v) is 14.7. The van der Waals surface area contributed by atoms with E-state index in [0.717, 1.165) is 19.3 Å². The Morgan fingerprint density at radius 1 is 1.12 bits per heavy atom. The van der Waals surface area contributed by atoms with Crippen molar-refractivity contribution in [1.82, 2.24) is 14.8 Å². The molecule has 0 amide bonds. The molecule has 0 spiro atoms. The van der Waals surface area contributed by atoms with E-state index in [9.17, 15) is 8.42 Å². The van der Waals surface area contributed by atoms with Crippen LogP contribution in [0.25, 0.3) is 11.3 Å². The molecule has 0 aliphatic carbocycles. The highest BCUT2D eigenvalue weighted by molar-refractivity contribution is 7.89. The fraction of sp³-hybridized carbons (Fsp3) is 0.438. The molecule has 3 heterocycles. The average Bonchev–Trinajstić information content (AvgIpc) is 3.17. The Morgan fingerprint density at radius 2 is 1.92 bits per heavy atom. The van der Waals surface area contributed by atoms with Crippen LogP contribution in [0.1, 0.15) is 19.3 Å². The van der Waals surface area contributed by atoms with Crippen LogP contribution in [0.5, 0.6) is 0 Å². The molecule has 2 bridgehead atoms. The third kappa shape index (κ3) is 3.09. The van der Waals surface area contributed by atoms with Gasteiger partial charge in [0.15, 0.2) is 5.76 Å². The number of hydrogen-bond acceptors (Lipinski definition) is 5. The molecule has 2 aromatic rings. The van der Waals surface area contributed by atoms with Crippen molar-refractivity contribution >= 4 is 22.4 Å². The maximum Gasteiger partial charge on any atom is 0.243 e. The van der Waals surface area contributed by atoms with Gasteiger partial charge in [0.05, 0.1) is 11.1 Å². The molecule has 1 aromatic heterocycles. The molecule has 0 radical (unpaired) electrons. The third-order valence-corrected chi connectivity index (χ3v) is 6.62. The molecule has 1 N–H and O–H groups in total. The van der Waals surface area contributed by atoms with Gasteiger partial charge >= 0.3 is 0 Å². The van der Waals surface area contributed by atoms with Gasteiger partial charge in [-0.15, -0.1) is 12.4 Å². The quantitative estimate of drug-likeness (QED) is 0.898. The summed E-state index contributed by atoms with van der Waals surface area (Å²) in [6.45, 7) is 1.09. The Hall–Kier alpha value is -1.41. The Balaban J connectivity index is 0.00000169. The number of fused-ring (bicyclic) bond motifs is 2. The Morgan fingerprint density at radius 3 is 2.71 bits per heavy atom. The van der Waals surface area contributed by atoms with Gasteiger partial charge in [-0.25, -0.2) is 8.42 Å². The van der Waals surface area contributed by atoms with Gasteiger partial charge in [-0.05, 0) is 31.4 Å². The van der Waals surface area contributed by atoms with E-state index in [1.54, 1.807) is 28.6 Å². The smallest absolute Gasteiger partial charge is 0.243 e. The summed E-state index contributed by atoms with van der Waals surface area (Å²) >= 11 is 0. The Labute approximate surface area is 147 Å². The van der Waals surface area contributed by atoms with Crippen LogP contribution in [0.4, 0.5) is 0 Å². The molecule has 2 aliphatic heterocycles. The molecular weight excluding hydrogens is 350 g/mol. The van der Waals surface area contributed by atoms with Crippen LogP contribution in [0, 0.1) is 0 Å². The molecule has 8 heteroatoms. The maximum absolute atomic E-state index is 13.2. The zero-order chi connectivity index (χ0) is 15.9. The van der Waals surface area contributed by atoms with Crippen molar-refractivity contribution in [1.29, 1.82) is 0 Å². The minimum atomic E-state index is -3.56. The van der Waals surface area contributed by atoms with E-state index in [4.69, 9.17) is 4.52 Å². The molecule has 2 saturated heterocycles. The first-order valence-electron chi connectivity index (χ1n) is 7.91. The second kappa shape index (κ2) is 6.84. The van der Waals surface area contributed by atoms with Crippen molar-refractivity contribution in [2.24, 2.45) is 0 Å². The fourth-order valence-corrected chi connectivity index (χ4v) is 5.22. The third-order valence-electron chi connectivity index (χ3n) is 4.69. The van der Waals surface area contributed by atoms with Gasteiger partial charge in [-0.3, -0.25) is 0 Å². The number of sulfonamides is 1. The van der Waals surface area contributed by atoms with E-state index in [1.165, 1.54) is 6.20 Å². The van der Waals surface area contributed by atoms with Gasteiger partial charge in [0.2, 0.25) is 10.0 Å². The van der Waals surface area contributed by atoms with Crippen molar-refractivity contribution in [3.05, 3.63) is 36.5 Å². The van der Waals surface area contributed by atoms with Gasteiger partial charge in [0.25, 0.3) is 0 Å². The molecule has 2 aliphatic rings. The molecule has 6 nitrogen and oxygen atoms in total. The highest BCUT2D eigenvalue weighted by atomic mass is 35.5. The molecule has 1 aromatic carbocycles. The first-order chi connectivity index (χ1) is 11.1. The maximum atomic E-state index is 13.2. The van der Waals surface area contributed by atoms with E-state index in [1.807, 2.05) is 6.07 Å². The van der Waals surface area contributed by atoms with Gasteiger partial charge in [0, 0.05) is 36.8 Å².